The molecule has 0 radical (unpaired) electrons. The van der Waals surface area contributed by atoms with E-state index in [9.17, 15) is 4.79 Å². The number of ketones is 1. The van der Waals surface area contributed by atoms with Gasteiger partial charge in [0.15, 0.2) is 17.3 Å². The first-order chi connectivity index (χ1) is 8.31. The molecule has 0 unspecified atom stereocenters. The van der Waals surface area contributed by atoms with Crippen molar-refractivity contribution in [3.63, 3.8) is 0 Å². The predicted octanol–water partition coefficient (Wildman–Crippen LogP) is 0.863. The zero-order valence-corrected chi connectivity index (χ0v) is 9.36. The number of carbonyl (C=O) groups excluding carboxylic acids is 1. The van der Waals surface area contributed by atoms with Crippen LogP contribution in [0, 0.1) is 12.3 Å². The predicted molar refractivity (Wildman–Crippen MR) is 63.5 cm³/mol. The lowest BCUT2D eigenvalue weighted by Crippen LogP contribution is -2.23. The molecule has 1 aromatic carbocycles. The van der Waals surface area contributed by atoms with E-state index in [4.69, 9.17) is 15.9 Å². The first-order valence-electron chi connectivity index (χ1n) is 5.38. The van der Waals surface area contributed by atoms with Crippen LogP contribution in [0.3, 0.4) is 0 Å². The molecule has 0 bridgehead atoms. The highest BCUT2D eigenvalue weighted by Gasteiger charge is 2.14. The summed E-state index contributed by atoms with van der Waals surface area (Å²) < 4.78 is 10.8. The van der Waals surface area contributed by atoms with Crippen molar-refractivity contribution in [2.24, 2.45) is 0 Å². The third-order valence-corrected chi connectivity index (χ3v) is 2.38. The quantitative estimate of drug-likeness (QED) is 0.474. The van der Waals surface area contributed by atoms with Crippen LogP contribution in [0.4, 0.5) is 0 Å². The number of hydrogen-bond acceptors (Lipinski definition) is 4. The van der Waals surface area contributed by atoms with Crippen molar-refractivity contribution >= 4 is 5.78 Å². The number of rotatable bonds is 4. The SMILES string of the molecule is C#CCNCC(=O)c1ccc2c(c1)OCCO2. The molecule has 0 aromatic heterocycles. The van der Waals surface area contributed by atoms with Crippen molar-refractivity contribution in [2.45, 2.75) is 0 Å². The zero-order chi connectivity index (χ0) is 12.1. The van der Waals surface area contributed by atoms with Gasteiger partial charge in [0.1, 0.15) is 13.2 Å². The Balaban J connectivity index is 2.06. The average molecular weight is 231 g/mol. The Bertz CT molecular complexity index is 462. The van der Waals surface area contributed by atoms with E-state index in [1.165, 1.54) is 0 Å². The third-order valence-electron chi connectivity index (χ3n) is 2.38. The van der Waals surface area contributed by atoms with Crippen LogP contribution in [0.25, 0.3) is 0 Å². The fraction of sp³-hybridized carbons (Fsp3) is 0.308. The lowest BCUT2D eigenvalue weighted by Gasteiger charge is -2.18. The second-order valence-corrected chi connectivity index (χ2v) is 3.59. The van der Waals surface area contributed by atoms with Gasteiger partial charge in [0.2, 0.25) is 0 Å². The maximum Gasteiger partial charge on any atom is 0.176 e. The summed E-state index contributed by atoms with van der Waals surface area (Å²) in [6, 6.07) is 5.19. The number of hydrogen-bond donors (Lipinski definition) is 1. The van der Waals surface area contributed by atoms with Crippen LogP contribution in [-0.2, 0) is 0 Å². The summed E-state index contributed by atoms with van der Waals surface area (Å²) in [4.78, 5) is 11.8. The van der Waals surface area contributed by atoms with Crippen LogP contribution in [0.2, 0.25) is 0 Å². The first-order valence-corrected chi connectivity index (χ1v) is 5.38. The Morgan fingerprint density at radius 1 is 1.35 bits per heavy atom. The van der Waals surface area contributed by atoms with Crippen molar-refractivity contribution < 1.29 is 14.3 Å². The smallest absolute Gasteiger partial charge is 0.176 e. The summed E-state index contributed by atoms with van der Waals surface area (Å²) in [5.74, 6) is 3.71. The van der Waals surface area contributed by atoms with Gasteiger partial charge in [-0.05, 0) is 18.2 Å². The molecule has 2 rings (SSSR count). The summed E-state index contributed by atoms with van der Waals surface area (Å²) in [5, 5.41) is 2.86. The average Bonchev–Trinajstić information content (AvgIpc) is 2.38. The van der Waals surface area contributed by atoms with E-state index in [-0.39, 0.29) is 12.3 Å². The molecular formula is C13H13NO3. The molecule has 17 heavy (non-hydrogen) atoms. The maximum atomic E-state index is 11.8. The molecule has 0 saturated heterocycles. The number of ether oxygens (including phenoxy) is 2. The topological polar surface area (TPSA) is 47.6 Å². The van der Waals surface area contributed by atoms with Gasteiger partial charge in [0.25, 0.3) is 0 Å². The Morgan fingerprint density at radius 3 is 2.88 bits per heavy atom. The van der Waals surface area contributed by atoms with E-state index in [0.29, 0.717) is 36.8 Å². The Kier molecular flexibility index (Phi) is 3.63. The van der Waals surface area contributed by atoms with Crippen LogP contribution in [0.1, 0.15) is 10.4 Å². The minimum absolute atomic E-state index is 0.0165. The fourth-order valence-electron chi connectivity index (χ4n) is 1.57. The molecule has 1 aromatic rings. The number of benzene rings is 1. The molecule has 1 aliphatic rings. The van der Waals surface area contributed by atoms with E-state index >= 15 is 0 Å². The van der Waals surface area contributed by atoms with Gasteiger partial charge in [-0.25, -0.2) is 0 Å². The summed E-state index contributed by atoms with van der Waals surface area (Å²) in [5.41, 5.74) is 0.596. The lowest BCUT2D eigenvalue weighted by atomic mass is 10.1. The van der Waals surface area contributed by atoms with Crippen LogP contribution in [-0.4, -0.2) is 32.1 Å². The molecule has 1 heterocycles. The van der Waals surface area contributed by atoms with E-state index in [2.05, 4.69) is 11.2 Å². The monoisotopic (exact) mass is 231 g/mol. The van der Waals surface area contributed by atoms with Gasteiger partial charge >= 0.3 is 0 Å². The summed E-state index contributed by atoms with van der Waals surface area (Å²) in [7, 11) is 0. The Hall–Kier alpha value is -1.99. The Morgan fingerprint density at radius 2 is 2.12 bits per heavy atom. The molecule has 88 valence electrons. The largest absolute Gasteiger partial charge is 0.486 e. The number of terminal acetylenes is 1. The van der Waals surface area contributed by atoms with Gasteiger partial charge in [0, 0.05) is 5.56 Å². The normalized spacial score (nSPS) is 12.9. The minimum atomic E-state index is -0.0165. The molecule has 0 spiro atoms. The van der Waals surface area contributed by atoms with Crippen LogP contribution < -0.4 is 14.8 Å². The van der Waals surface area contributed by atoms with E-state index in [0.717, 1.165) is 0 Å². The van der Waals surface area contributed by atoms with Crippen LogP contribution in [0.15, 0.2) is 18.2 Å². The first kappa shape index (κ1) is 11.5. The van der Waals surface area contributed by atoms with Crippen molar-refractivity contribution in [3.8, 4) is 23.8 Å². The molecule has 0 atom stereocenters. The molecule has 0 fully saturated rings. The van der Waals surface area contributed by atoms with Gasteiger partial charge in [0.05, 0.1) is 13.1 Å². The molecule has 1 aliphatic heterocycles. The maximum absolute atomic E-state index is 11.8. The molecule has 4 heteroatoms. The molecule has 4 nitrogen and oxygen atoms in total. The zero-order valence-electron chi connectivity index (χ0n) is 9.36. The number of carbonyl (C=O) groups is 1. The van der Waals surface area contributed by atoms with Gasteiger partial charge < -0.3 is 9.47 Å². The van der Waals surface area contributed by atoms with Crippen molar-refractivity contribution in [2.75, 3.05) is 26.3 Å². The molecule has 1 N–H and O–H groups in total. The van der Waals surface area contributed by atoms with Crippen molar-refractivity contribution in [3.05, 3.63) is 23.8 Å². The summed E-state index contributed by atoms with van der Waals surface area (Å²) in [6.45, 7) is 1.67. The fourth-order valence-corrected chi connectivity index (χ4v) is 1.57. The number of Topliss-reactive ketones (excluding diaryl/α,β-unsaturated/α-hetero) is 1. The highest BCUT2D eigenvalue weighted by atomic mass is 16.6. The molecule has 0 aliphatic carbocycles. The molecular weight excluding hydrogens is 218 g/mol. The molecule has 0 saturated carbocycles. The van der Waals surface area contributed by atoms with Gasteiger partial charge in [-0.2, -0.15) is 0 Å². The van der Waals surface area contributed by atoms with E-state index in [1.807, 2.05) is 0 Å². The van der Waals surface area contributed by atoms with Gasteiger partial charge in [-0.3, -0.25) is 10.1 Å². The number of nitrogens with one attached hydrogen (secondary N) is 1. The van der Waals surface area contributed by atoms with Crippen molar-refractivity contribution in [1.82, 2.24) is 5.32 Å². The van der Waals surface area contributed by atoms with Crippen molar-refractivity contribution in [1.29, 1.82) is 0 Å². The number of fused-ring (bicyclic) bond motifs is 1. The van der Waals surface area contributed by atoms with Gasteiger partial charge in [-0.15, -0.1) is 6.42 Å². The van der Waals surface area contributed by atoms with E-state index in [1.54, 1.807) is 18.2 Å². The second-order valence-electron chi connectivity index (χ2n) is 3.59. The van der Waals surface area contributed by atoms with Gasteiger partial charge in [-0.1, -0.05) is 5.92 Å². The summed E-state index contributed by atoms with van der Waals surface area (Å²) >= 11 is 0. The standard InChI is InChI=1S/C13H13NO3/c1-2-5-14-9-11(15)10-3-4-12-13(8-10)17-7-6-16-12/h1,3-4,8,14H,5-7,9H2. The second kappa shape index (κ2) is 5.37. The lowest BCUT2D eigenvalue weighted by molar-refractivity contribution is 0.0991. The highest BCUT2D eigenvalue weighted by Crippen LogP contribution is 2.30. The summed E-state index contributed by atoms with van der Waals surface area (Å²) in [6.07, 6.45) is 5.08. The minimum Gasteiger partial charge on any atom is -0.486 e. The Labute approximate surface area is 99.9 Å². The highest BCUT2D eigenvalue weighted by molar-refractivity contribution is 5.98. The van der Waals surface area contributed by atoms with E-state index < -0.39 is 0 Å². The third kappa shape index (κ3) is 2.77. The van der Waals surface area contributed by atoms with Crippen LogP contribution in [0.5, 0.6) is 11.5 Å². The van der Waals surface area contributed by atoms with Crippen LogP contribution >= 0.6 is 0 Å². The molecule has 0 amide bonds.